The van der Waals surface area contributed by atoms with Crippen molar-refractivity contribution < 1.29 is 19.1 Å². The molecule has 29 heavy (non-hydrogen) atoms. The molecule has 2 aromatic carbocycles. The van der Waals surface area contributed by atoms with E-state index in [1.54, 1.807) is 42.5 Å². The number of carbonyl (C=O) groups excluding carboxylic acids is 2. The molecular formula is C19H19BrClN3O4S. The Morgan fingerprint density at radius 2 is 1.86 bits per heavy atom. The second kappa shape index (κ2) is 11.0. The number of halogens is 2. The molecule has 0 fully saturated rings. The molecule has 0 aliphatic rings. The number of rotatable bonds is 6. The molecule has 0 saturated carbocycles. The zero-order valence-corrected chi connectivity index (χ0v) is 18.8. The van der Waals surface area contributed by atoms with Crippen LogP contribution in [0.15, 0.2) is 46.9 Å². The van der Waals surface area contributed by atoms with Gasteiger partial charge in [0, 0.05) is 4.47 Å². The van der Waals surface area contributed by atoms with Crippen LogP contribution in [-0.4, -0.2) is 29.6 Å². The van der Waals surface area contributed by atoms with Crippen molar-refractivity contribution in [2.45, 2.75) is 20.0 Å². The summed E-state index contributed by atoms with van der Waals surface area (Å²) in [7, 11) is 0. The summed E-state index contributed by atoms with van der Waals surface area (Å²) in [6.07, 6.45) is -0.0902. The first-order valence-corrected chi connectivity index (χ1v) is 10.1. The number of hydrogen-bond acceptors (Lipinski definition) is 5. The van der Waals surface area contributed by atoms with Gasteiger partial charge in [-0.2, -0.15) is 0 Å². The van der Waals surface area contributed by atoms with E-state index in [0.29, 0.717) is 22.1 Å². The molecule has 0 bridgehead atoms. The normalized spacial score (nSPS) is 10.2. The zero-order valence-electron chi connectivity index (χ0n) is 15.6. The Morgan fingerprint density at radius 3 is 2.55 bits per heavy atom. The summed E-state index contributed by atoms with van der Waals surface area (Å²) in [6.45, 7) is 3.43. The molecule has 0 unspecified atom stereocenters. The van der Waals surface area contributed by atoms with Gasteiger partial charge < -0.3 is 9.47 Å². The van der Waals surface area contributed by atoms with Crippen LogP contribution in [0.3, 0.4) is 0 Å². The van der Waals surface area contributed by atoms with Gasteiger partial charge in [0.05, 0.1) is 16.7 Å². The van der Waals surface area contributed by atoms with Gasteiger partial charge >= 0.3 is 0 Å². The Hall–Kier alpha value is -2.36. The van der Waals surface area contributed by atoms with E-state index in [2.05, 4.69) is 32.1 Å². The van der Waals surface area contributed by atoms with Crippen molar-refractivity contribution in [1.29, 1.82) is 0 Å². The predicted molar refractivity (Wildman–Crippen MR) is 118 cm³/mol. The lowest BCUT2D eigenvalue weighted by Crippen LogP contribution is -2.49. The Balaban J connectivity index is 1.82. The van der Waals surface area contributed by atoms with E-state index >= 15 is 0 Å². The minimum absolute atomic E-state index is 0.0793. The van der Waals surface area contributed by atoms with Crippen LogP contribution in [0, 0.1) is 0 Å². The zero-order chi connectivity index (χ0) is 21.4. The van der Waals surface area contributed by atoms with Crippen LogP contribution in [0.2, 0.25) is 5.02 Å². The van der Waals surface area contributed by atoms with Crippen LogP contribution >= 0.6 is 39.7 Å². The maximum atomic E-state index is 12.4. The molecule has 0 atom stereocenters. The molecule has 0 radical (unpaired) electrons. The molecule has 0 spiro atoms. The molecule has 2 amide bonds. The third-order valence-corrected chi connectivity index (χ3v) is 4.28. The van der Waals surface area contributed by atoms with Crippen LogP contribution in [0.5, 0.6) is 11.5 Å². The lowest BCUT2D eigenvalue weighted by Gasteiger charge is -2.15. The number of hydrazine groups is 1. The molecule has 0 aliphatic carbocycles. The van der Waals surface area contributed by atoms with Crippen molar-refractivity contribution in [3.8, 4) is 11.5 Å². The SMILES string of the molecule is CC(C)Oc1ccccc1C(=O)NC(=S)NNC(=O)COc1ccc(Br)cc1Cl. The first kappa shape index (κ1) is 22.9. The lowest BCUT2D eigenvalue weighted by molar-refractivity contribution is -0.123. The van der Waals surface area contributed by atoms with Crippen molar-refractivity contribution >= 4 is 56.7 Å². The maximum absolute atomic E-state index is 12.4. The summed E-state index contributed by atoms with van der Waals surface area (Å²) in [4.78, 5) is 24.3. The number of ether oxygens (including phenoxy) is 2. The third kappa shape index (κ3) is 7.52. The first-order chi connectivity index (χ1) is 13.8. The third-order valence-electron chi connectivity index (χ3n) is 3.29. The summed E-state index contributed by atoms with van der Waals surface area (Å²) < 4.78 is 11.7. The van der Waals surface area contributed by atoms with E-state index in [1.807, 2.05) is 13.8 Å². The van der Waals surface area contributed by atoms with Gasteiger partial charge in [0.25, 0.3) is 11.8 Å². The van der Waals surface area contributed by atoms with Crippen LogP contribution < -0.4 is 25.6 Å². The van der Waals surface area contributed by atoms with Crippen molar-refractivity contribution in [2.24, 2.45) is 0 Å². The van der Waals surface area contributed by atoms with Gasteiger partial charge in [-0.25, -0.2) is 0 Å². The van der Waals surface area contributed by atoms with Crippen LogP contribution in [0.4, 0.5) is 0 Å². The van der Waals surface area contributed by atoms with Crippen molar-refractivity contribution in [3.05, 3.63) is 57.5 Å². The van der Waals surface area contributed by atoms with E-state index < -0.39 is 11.8 Å². The molecule has 154 valence electrons. The number of amides is 2. The summed E-state index contributed by atoms with van der Waals surface area (Å²) in [5.74, 6) is -0.177. The van der Waals surface area contributed by atoms with E-state index in [9.17, 15) is 9.59 Å². The average Bonchev–Trinajstić information content (AvgIpc) is 2.65. The number of hydrogen-bond donors (Lipinski definition) is 3. The molecule has 7 nitrogen and oxygen atoms in total. The van der Waals surface area contributed by atoms with Crippen molar-refractivity contribution in [2.75, 3.05) is 6.61 Å². The fourth-order valence-corrected chi connectivity index (χ4v) is 2.98. The Kier molecular flexibility index (Phi) is 8.69. The molecule has 0 saturated heterocycles. The fourth-order valence-electron chi connectivity index (χ4n) is 2.11. The summed E-state index contributed by atoms with van der Waals surface area (Å²) >= 11 is 14.3. The fraction of sp³-hybridized carbons (Fsp3) is 0.211. The summed E-state index contributed by atoms with van der Waals surface area (Å²) in [5, 5.41) is 2.76. The van der Waals surface area contributed by atoms with Gasteiger partial charge in [-0.3, -0.25) is 25.8 Å². The van der Waals surface area contributed by atoms with Crippen LogP contribution in [-0.2, 0) is 4.79 Å². The molecule has 2 aromatic rings. The molecule has 0 aliphatic heterocycles. The first-order valence-electron chi connectivity index (χ1n) is 8.50. The maximum Gasteiger partial charge on any atom is 0.276 e. The number of thiocarbonyl (C=S) groups is 1. The lowest BCUT2D eigenvalue weighted by atomic mass is 10.2. The summed E-state index contributed by atoms with van der Waals surface area (Å²) in [6, 6.07) is 11.8. The highest BCUT2D eigenvalue weighted by Gasteiger charge is 2.15. The van der Waals surface area contributed by atoms with Crippen molar-refractivity contribution in [1.82, 2.24) is 16.2 Å². The standard InChI is InChI=1S/C19H19BrClN3O4S/c1-11(2)28-15-6-4-3-5-13(15)18(26)22-19(29)24-23-17(25)10-27-16-8-7-12(20)9-14(16)21/h3-9,11H,10H2,1-2H3,(H,23,25)(H2,22,24,26,29). The molecular weight excluding hydrogens is 482 g/mol. The Morgan fingerprint density at radius 1 is 1.14 bits per heavy atom. The Bertz CT molecular complexity index is 911. The molecule has 0 aromatic heterocycles. The molecule has 10 heteroatoms. The van der Waals surface area contributed by atoms with E-state index in [4.69, 9.17) is 33.3 Å². The second-order valence-corrected chi connectivity index (χ2v) is 7.71. The second-order valence-electron chi connectivity index (χ2n) is 5.98. The van der Waals surface area contributed by atoms with Crippen LogP contribution in [0.1, 0.15) is 24.2 Å². The minimum Gasteiger partial charge on any atom is -0.490 e. The Labute approximate surface area is 187 Å². The highest BCUT2D eigenvalue weighted by molar-refractivity contribution is 9.10. The highest BCUT2D eigenvalue weighted by Crippen LogP contribution is 2.27. The largest absolute Gasteiger partial charge is 0.490 e. The van der Waals surface area contributed by atoms with Gasteiger partial charge in [0.15, 0.2) is 11.7 Å². The quantitative estimate of drug-likeness (QED) is 0.415. The van der Waals surface area contributed by atoms with E-state index in [0.717, 1.165) is 4.47 Å². The number of benzene rings is 2. The van der Waals surface area contributed by atoms with Crippen molar-refractivity contribution in [3.63, 3.8) is 0 Å². The number of nitrogens with one attached hydrogen (secondary N) is 3. The molecule has 0 heterocycles. The summed E-state index contributed by atoms with van der Waals surface area (Å²) in [5.41, 5.74) is 5.10. The van der Waals surface area contributed by atoms with E-state index in [1.165, 1.54) is 0 Å². The average molecular weight is 501 g/mol. The van der Waals surface area contributed by atoms with Gasteiger partial charge in [-0.15, -0.1) is 0 Å². The smallest absolute Gasteiger partial charge is 0.276 e. The van der Waals surface area contributed by atoms with E-state index in [-0.39, 0.29) is 17.8 Å². The van der Waals surface area contributed by atoms with Crippen LogP contribution in [0.25, 0.3) is 0 Å². The topological polar surface area (TPSA) is 88.7 Å². The monoisotopic (exact) mass is 499 g/mol. The minimum atomic E-state index is -0.510. The van der Waals surface area contributed by atoms with Gasteiger partial charge in [-0.1, -0.05) is 39.7 Å². The predicted octanol–water partition coefficient (Wildman–Crippen LogP) is 3.60. The molecule has 2 rings (SSSR count). The molecule has 3 N–H and O–H groups in total. The number of para-hydroxylation sites is 1. The highest BCUT2D eigenvalue weighted by atomic mass is 79.9. The van der Waals surface area contributed by atoms with Gasteiger partial charge in [-0.05, 0) is 56.4 Å². The number of carbonyl (C=O) groups is 2. The van der Waals surface area contributed by atoms with Gasteiger partial charge in [0.1, 0.15) is 11.5 Å². The van der Waals surface area contributed by atoms with Gasteiger partial charge in [0.2, 0.25) is 0 Å².